The van der Waals surface area contributed by atoms with Crippen LogP contribution in [0.4, 0.5) is 0 Å². The van der Waals surface area contributed by atoms with Gasteiger partial charge >= 0.3 is 23.9 Å². The molecule has 0 aliphatic carbocycles. The molecule has 6 nitrogen and oxygen atoms in total. The van der Waals surface area contributed by atoms with E-state index < -0.39 is 35.7 Å². The minimum atomic E-state index is -0.732. The van der Waals surface area contributed by atoms with Crippen molar-refractivity contribution in [2.24, 2.45) is 5.92 Å². The predicted molar refractivity (Wildman–Crippen MR) is 88.8 cm³/mol. The summed E-state index contributed by atoms with van der Waals surface area (Å²) < 4.78 is 10.1. The Kier molecular flexibility index (Phi) is 7.78. The number of hydrogen-bond donors (Lipinski definition) is 0. The Hall–Kier alpha value is -2.02. The van der Waals surface area contributed by atoms with Crippen LogP contribution in [0.2, 0.25) is 0 Å². The number of carbonyl (C=O) groups is 4. The van der Waals surface area contributed by atoms with Gasteiger partial charge in [-0.2, -0.15) is 0 Å². The molecule has 0 fully saturated rings. The van der Waals surface area contributed by atoms with Crippen molar-refractivity contribution >= 4 is 39.8 Å². The summed E-state index contributed by atoms with van der Waals surface area (Å²) in [4.78, 5) is 46.1. The summed E-state index contributed by atoms with van der Waals surface area (Å²) in [5.74, 6) is -4.14. The summed E-state index contributed by atoms with van der Waals surface area (Å²) in [5.41, 5.74) is 0.714. The normalized spacial score (nSPS) is 12.8. The molecule has 0 aliphatic rings. The Morgan fingerprint density at radius 2 is 1.54 bits per heavy atom. The number of rotatable bonds is 6. The highest BCUT2D eigenvalue weighted by atomic mass is 79.9. The first-order chi connectivity index (χ1) is 11.2. The Morgan fingerprint density at radius 3 is 2.00 bits per heavy atom. The van der Waals surface area contributed by atoms with Crippen molar-refractivity contribution in [3.8, 4) is 0 Å². The minimum Gasteiger partial charge on any atom is -0.393 e. The van der Waals surface area contributed by atoms with E-state index in [-0.39, 0.29) is 6.42 Å². The van der Waals surface area contributed by atoms with Crippen LogP contribution in [0.3, 0.4) is 0 Å². The van der Waals surface area contributed by atoms with Crippen LogP contribution in [0.25, 0.3) is 0 Å². The van der Waals surface area contributed by atoms with E-state index in [1.165, 1.54) is 0 Å². The molecule has 0 bridgehead atoms. The average molecular weight is 399 g/mol. The molecule has 1 rings (SSSR count). The molecule has 0 amide bonds. The van der Waals surface area contributed by atoms with Crippen LogP contribution >= 0.6 is 15.9 Å². The summed E-state index contributed by atoms with van der Waals surface area (Å²) >= 11 is 3.32. The number of hydrogen-bond acceptors (Lipinski definition) is 6. The third-order valence-electron chi connectivity index (χ3n) is 3.41. The highest BCUT2D eigenvalue weighted by Gasteiger charge is 2.32. The monoisotopic (exact) mass is 398 g/mol. The van der Waals surface area contributed by atoms with Crippen molar-refractivity contribution in [1.82, 2.24) is 0 Å². The second-order valence-electron chi connectivity index (χ2n) is 5.26. The van der Waals surface area contributed by atoms with Crippen molar-refractivity contribution in [3.63, 3.8) is 0 Å². The fourth-order valence-corrected chi connectivity index (χ4v) is 2.68. The molecule has 2 atom stereocenters. The molecular weight excluding hydrogens is 380 g/mol. The highest BCUT2D eigenvalue weighted by molar-refractivity contribution is 9.10. The van der Waals surface area contributed by atoms with Crippen molar-refractivity contribution in [3.05, 3.63) is 34.3 Å². The van der Waals surface area contributed by atoms with E-state index in [0.717, 1.165) is 18.3 Å². The lowest BCUT2D eigenvalue weighted by Gasteiger charge is -2.24. The third kappa shape index (κ3) is 6.23. The summed E-state index contributed by atoms with van der Waals surface area (Å²) in [7, 11) is 0. The minimum absolute atomic E-state index is 0.174. The molecule has 0 saturated heterocycles. The standard InChI is InChI=1S/C17H19BrO6/c1-4-14(17(22)24-11(3)20)15(9-16(21)23-10(2)19)12-5-7-13(18)8-6-12/h5-8,14-15H,4,9H2,1-3H3. The molecule has 0 N–H and O–H groups in total. The molecule has 0 aliphatic heterocycles. The Morgan fingerprint density at radius 1 is 1.00 bits per heavy atom. The topological polar surface area (TPSA) is 86.7 Å². The van der Waals surface area contributed by atoms with Crippen LogP contribution in [-0.2, 0) is 28.7 Å². The second-order valence-corrected chi connectivity index (χ2v) is 6.17. The third-order valence-corrected chi connectivity index (χ3v) is 3.94. The van der Waals surface area contributed by atoms with Crippen LogP contribution in [0.1, 0.15) is 45.1 Å². The van der Waals surface area contributed by atoms with Gasteiger partial charge in [-0.25, -0.2) is 0 Å². The molecule has 1 aromatic carbocycles. The molecule has 2 unspecified atom stereocenters. The van der Waals surface area contributed by atoms with E-state index in [1.54, 1.807) is 31.2 Å². The number of carbonyl (C=O) groups excluding carboxylic acids is 4. The quantitative estimate of drug-likeness (QED) is 0.540. The number of benzene rings is 1. The van der Waals surface area contributed by atoms with Gasteiger partial charge in [-0.3, -0.25) is 19.2 Å². The van der Waals surface area contributed by atoms with Gasteiger partial charge in [0, 0.05) is 24.2 Å². The fourth-order valence-electron chi connectivity index (χ4n) is 2.42. The van der Waals surface area contributed by atoms with Crippen molar-refractivity contribution in [2.75, 3.05) is 0 Å². The second kappa shape index (κ2) is 9.32. The first kappa shape index (κ1) is 20.0. The first-order valence-electron chi connectivity index (χ1n) is 7.43. The van der Waals surface area contributed by atoms with E-state index in [2.05, 4.69) is 25.4 Å². The van der Waals surface area contributed by atoms with E-state index in [9.17, 15) is 19.2 Å². The van der Waals surface area contributed by atoms with Gasteiger partial charge in [-0.15, -0.1) is 0 Å². The molecule has 0 saturated carbocycles. The Balaban J connectivity index is 3.12. The molecule has 0 radical (unpaired) electrons. The van der Waals surface area contributed by atoms with Crippen molar-refractivity contribution in [1.29, 1.82) is 0 Å². The highest BCUT2D eigenvalue weighted by Crippen LogP contribution is 2.32. The van der Waals surface area contributed by atoms with E-state index in [1.807, 2.05) is 0 Å². The molecule has 1 aromatic rings. The van der Waals surface area contributed by atoms with Gasteiger partial charge in [0.25, 0.3) is 0 Å². The Labute approximate surface area is 148 Å². The smallest absolute Gasteiger partial charge is 0.317 e. The molecule has 130 valence electrons. The lowest BCUT2D eigenvalue weighted by atomic mass is 9.82. The van der Waals surface area contributed by atoms with Gasteiger partial charge in [0.15, 0.2) is 0 Å². The zero-order valence-corrected chi connectivity index (χ0v) is 15.3. The summed E-state index contributed by atoms with van der Waals surface area (Å²) in [6.45, 7) is 4.03. The van der Waals surface area contributed by atoms with E-state index in [4.69, 9.17) is 0 Å². The van der Waals surface area contributed by atoms with E-state index in [0.29, 0.717) is 12.0 Å². The summed E-state index contributed by atoms with van der Waals surface area (Å²) in [6.07, 6.45) is 0.187. The van der Waals surface area contributed by atoms with Crippen LogP contribution in [0, 0.1) is 5.92 Å². The van der Waals surface area contributed by atoms with Gasteiger partial charge in [0.2, 0.25) is 0 Å². The van der Waals surface area contributed by atoms with Crippen LogP contribution < -0.4 is 0 Å². The molecular formula is C17H19BrO6. The van der Waals surface area contributed by atoms with Crippen molar-refractivity contribution in [2.45, 2.75) is 39.5 Å². The zero-order chi connectivity index (χ0) is 18.3. The van der Waals surface area contributed by atoms with Crippen molar-refractivity contribution < 1.29 is 28.7 Å². The predicted octanol–water partition coefficient (Wildman–Crippen LogP) is 3.13. The van der Waals surface area contributed by atoms with E-state index >= 15 is 0 Å². The lowest BCUT2D eigenvalue weighted by molar-refractivity contribution is -0.162. The summed E-state index contributed by atoms with van der Waals surface area (Å²) in [6, 6.07) is 7.09. The SMILES string of the molecule is CCC(C(=O)OC(C)=O)C(CC(=O)OC(C)=O)c1ccc(Br)cc1. The molecule has 7 heteroatoms. The Bertz CT molecular complexity index is 622. The molecule has 0 heterocycles. The molecule has 0 spiro atoms. The van der Waals surface area contributed by atoms with Gasteiger partial charge in [0.05, 0.1) is 12.3 Å². The zero-order valence-electron chi connectivity index (χ0n) is 13.7. The number of esters is 4. The lowest BCUT2D eigenvalue weighted by Crippen LogP contribution is -2.28. The summed E-state index contributed by atoms with van der Waals surface area (Å²) in [5, 5.41) is 0. The maximum Gasteiger partial charge on any atom is 0.317 e. The van der Waals surface area contributed by atoms with Crippen LogP contribution in [0.5, 0.6) is 0 Å². The van der Waals surface area contributed by atoms with Gasteiger partial charge < -0.3 is 9.47 Å². The maximum atomic E-state index is 12.2. The number of ether oxygens (including phenoxy) is 2. The maximum absolute atomic E-state index is 12.2. The molecule has 24 heavy (non-hydrogen) atoms. The van der Waals surface area contributed by atoms with Gasteiger partial charge in [-0.1, -0.05) is 35.0 Å². The molecule has 0 aromatic heterocycles. The number of halogens is 1. The first-order valence-corrected chi connectivity index (χ1v) is 8.22. The van der Waals surface area contributed by atoms with Gasteiger partial charge in [-0.05, 0) is 24.1 Å². The van der Waals surface area contributed by atoms with Crippen LogP contribution in [0.15, 0.2) is 28.7 Å². The average Bonchev–Trinajstić information content (AvgIpc) is 2.46. The van der Waals surface area contributed by atoms with Crippen LogP contribution in [-0.4, -0.2) is 23.9 Å². The largest absolute Gasteiger partial charge is 0.393 e. The van der Waals surface area contributed by atoms with Gasteiger partial charge in [0.1, 0.15) is 0 Å². The fraction of sp³-hybridized carbons (Fsp3) is 0.412.